The summed E-state index contributed by atoms with van der Waals surface area (Å²) in [5.74, 6) is 0.370. The number of alkyl halides is 3. The summed E-state index contributed by atoms with van der Waals surface area (Å²) < 4.78 is 39.3. The lowest BCUT2D eigenvalue weighted by atomic mass is 10.1. The number of benzene rings is 1. The highest BCUT2D eigenvalue weighted by molar-refractivity contribution is 5.97. The van der Waals surface area contributed by atoms with Gasteiger partial charge in [-0.25, -0.2) is 9.78 Å². The summed E-state index contributed by atoms with van der Waals surface area (Å²) in [6.45, 7) is 0.774. The Bertz CT molecular complexity index is 953. The van der Waals surface area contributed by atoms with Gasteiger partial charge in [-0.1, -0.05) is 12.1 Å². The van der Waals surface area contributed by atoms with Gasteiger partial charge in [0, 0.05) is 25.2 Å². The molecule has 1 fully saturated rings. The molecule has 3 heterocycles. The Labute approximate surface area is 170 Å². The van der Waals surface area contributed by atoms with E-state index >= 15 is 0 Å². The molecular weight excluding hydrogens is 401 g/mol. The van der Waals surface area contributed by atoms with E-state index in [0.29, 0.717) is 23.6 Å². The number of nitrogens with zero attached hydrogens (tertiary/aromatic N) is 3. The summed E-state index contributed by atoms with van der Waals surface area (Å²) in [5, 5.41) is 21.1. The van der Waals surface area contributed by atoms with Crippen LogP contribution in [-0.2, 0) is 6.18 Å². The van der Waals surface area contributed by atoms with Gasteiger partial charge in [0.2, 0.25) is 0 Å². The van der Waals surface area contributed by atoms with Crippen LogP contribution < -0.4 is 15.1 Å². The van der Waals surface area contributed by atoms with Crippen molar-refractivity contribution in [2.75, 3.05) is 36.0 Å². The second kappa shape index (κ2) is 7.77. The number of hydrogen-bond donors (Lipinski definition) is 3. The lowest BCUT2D eigenvalue weighted by molar-refractivity contribution is -0.137. The Balaban J connectivity index is 1.69. The molecular formula is C20H21F3N4O3. The summed E-state index contributed by atoms with van der Waals surface area (Å²) >= 11 is 0. The molecule has 2 amide bonds. The fraction of sp³-hybridized carbons (Fsp3) is 0.400. The molecule has 1 aromatic carbocycles. The zero-order chi connectivity index (χ0) is 21.5. The molecule has 1 unspecified atom stereocenters. The highest BCUT2D eigenvalue weighted by Gasteiger charge is 2.40. The van der Waals surface area contributed by atoms with Crippen molar-refractivity contribution >= 4 is 17.5 Å². The molecule has 1 saturated heterocycles. The molecule has 30 heavy (non-hydrogen) atoms. The number of hydrogen-bond acceptors (Lipinski definition) is 5. The van der Waals surface area contributed by atoms with E-state index < -0.39 is 30.5 Å². The topological polar surface area (TPSA) is 88.9 Å². The average Bonchev–Trinajstić information content (AvgIpc) is 3.15. The van der Waals surface area contributed by atoms with Crippen molar-refractivity contribution < 1.29 is 28.2 Å². The molecule has 7 nitrogen and oxygen atoms in total. The van der Waals surface area contributed by atoms with E-state index in [1.165, 1.54) is 11.0 Å². The number of carbonyl (C=O) groups excluding carboxylic acids is 1. The van der Waals surface area contributed by atoms with Gasteiger partial charge in [-0.05, 0) is 30.7 Å². The quantitative estimate of drug-likeness (QED) is 0.703. The fourth-order valence-corrected chi connectivity index (χ4v) is 3.84. The molecule has 4 rings (SSSR count). The molecule has 0 radical (unpaired) electrons. The highest BCUT2D eigenvalue weighted by Crippen LogP contribution is 2.40. The number of urea groups is 1. The van der Waals surface area contributed by atoms with Crippen LogP contribution in [0, 0.1) is 0 Å². The second-order valence-electron chi connectivity index (χ2n) is 7.40. The summed E-state index contributed by atoms with van der Waals surface area (Å²) in [4.78, 5) is 21.0. The lowest BCUT2D eigenvalue weighted by Gasteiger charge is -2.36. The molecule has 0 spiro atoms. The fourth-order valence-electron chi connectivity index (χ4n) is 3.84. The molecule has 2 aromatic rings. The number of aromatic nitrogens is 1. The third kappa shape index (κ3) is 3.80. The van der Waals surface area contributed by atoms with Crippen LogP contribution >= 0.6 is 0 Å². The van der Waals surface area contributed by atoms with Gasteiger partial charge in [-0.3, -0.25) is 4.90 Å². The number of carbonyl (C=O) groups is 1. The minimum absolute atomic E-state index is 0.120. The van der Waals surface area contributed by atoms with Gasteiger partial charge >= 0.3 is 12.2 Å². The number of pyridine rings is 1. The number of aliphatic hydroxyl groups is 2. The first kappa shape index (κ1) is 20.4. The van der Waals surface area contributed by atoms with E-state index in [0.717, 1.165) is 30.8 Å². The predicted molar refractivity (Wildman–Crippen MR) is 104 cm³/mol. The van der Waals surface area contributed by atoms with E-state index in [9.17, 15) is 23.1 Å². The summed E-state index contributed by atoms with van der Waals surface area (Å²) in [6, 6.07) is 7.73. The average molecular weight is 422 g/mol. The summed E-state index contributed by atoms with van der Waals surface area (Å²) in [6.07, 6.45) is -4.82. The van der Waals surface area contributed by atoms with Crippen molar-refractivity contribution in [2.24, 2.45) is 0 Å². The molecule has 0 saturated carbocycles. The van der Waals surface area contributed by atoms with Crippen LogP contribution in [0.1, 0.15) is 12.0 Å². The minimum atomic E-state index is -4.46. The Morgan fingerprint density at radius 3 is 2.83 bits per heavy atom. The number of amides is 2. The highest BCUT2D eigenvalue weighted by atomic mass is 19.4. The van der Waals surface area contributed by atoms with Gasteiger partial charge in [0.15, 0.2) is 5.82 Å². The maximum Gasteiger partial charge on any atom is 0.416 e. The first-order valence-corrected chi connectivity index (χ1v) is 9.57. The zero-order valence-electron chi connectivity index (χ0n) is 15.9. The van der Waals surface area contributed by atoms with Gasteiger partial charge in [-0.2, -0.15) is 13.2 Å². The van der Waals surface area contributed by atoms with E-state index in [2.05, 4.69) is 15.2 Å². The molecule has 2 aliphatic heterocycles. The van der Waals surface area contributed by atoms with Crippen LogP contribution in [0.4, 0.5) is 29.5 Å². The Morgan fingerprint density at radius 1 is 1.30 bits per heavy atom. The molecule has 10 heteroatoms. The third-order valence-electron chi connectivity index (χ3n) is 5.36. The van der Waals surface area contributed by atoms with E-state index in [1.807, 2.05) is 0 Å². The second-order valence-corrected chi connectivity index (χ2v) is 7.40. The van der Waals surface area contributed by atoms with Crippen LogP contribution in [0.15, 0.2) is 36.4 Å². The Hall–Kier alpha value is -2.85. The largest absolute Gasteiger partial charge is 0.416 e. The Morgan fingerprint density at radius 2 is 2.10 bits per heavy atom. The van der Waals surface area contributed by atoms with Crippen LogP contribution in [-0.4, -0.2) is 59.6 Å². The number of rotatable bonds is 4. The number of fused-ring (bicyclic) bond motifs is 4. The standard InChI is InChI=1S/C20H21F3N4O3/c21-20(22,23)13-3-1-2-12(8-13)16-4-5-17-18(25-16)27(14-6-7-26(17)10-14)19(30)24-9-15(29)11-28/h1-5,8,14-15,28-29H,6-7,9-11H2,(H,24,30)/t14?,15-/m1/s1. The summed E-state index contributed by atoms with van der Waals surface area (Å²) in [7, 11) is 0. The predicted octanol–water partition coefficient (Wildman–Crippen LogP) is 2.23. The van der Waals surface area contributed by atoms with Gasteiger partial charge < -0.3 is 20.4 Å². The lowest BCUT2D eigenvalue weighted by Crippen LogP contribution is -2.52. The van der Waals surface area contributed by atoms with Crippen LogP contribution in [0.5, 0.6) is 0 Å². The monoisotopic (exact) mass is 422 g/mol. The maximum absolute atomic E-state index is 13.1. The molecule has 2 atom stereocenters. The van der Waals surface area contributed by atoms with Crippen molar-refractivity contribution in [3.05, 3.63) is 42.0 Å². The third-order valence-corrected chi connectivity index (χ3v) is 5.36. The van der Waals surface area contributed by atoms with Crippen LogP contribution in [0.2, 0.25) is 0 Å². The number of anilines is 2. The molecule has 2 bridgehead atoms. The summed E-state index contributed by atoms with van der Waals surface area (Å²) in [5.41, 5.74) is 0.598. The molecule has 0 aliphatic carbocycles. The van der Waals surface area contributed by atoms with Crippen molar-refractivity contribution in [1.29, 1.82) is 0 Å². The maximum atomic E-state index is 13.1. The van der Waals surface area contributed by atoms with E-state index in [4.69, 9.17) is 5.11 Å². The SMILES string of the molecule is O=C(NC[C@@H](O)CO)N1c2nc(-c3cccc(C(F)(F)F)c3)ccc2N2CCC1C2. The van der Waals surface area contributed by atoms with Crippen LogP contribution in [0.3, 0.4) is 0 Å². The zero-order valence-corrected chi connectivity index (χ0v) is 15.9. The van der Waals surface area contributed by atoms with Gasteiger partial charge in [0.05, 0.1) is 35.7 Å². The van der Waals surface area contributed by atoms with Crippen molar-refractivity contribution in [1.82, 2.24) is 10.3 Å². The van der Waals surface area contributed by atoms with Crippen molar-refractivity contribution in [2.45, 2.75) is 24.7 Å². The molecule has 160 valence electrons. The molecule has 1 aromatic heterocycles. The first-order chi connectivity index (χ1) is 14.3. The van der Waals surface area contributed by atoms with Crippen LogP contribution in [0.25, 0.3) is 11.3 Å². The van der Waals surface area contributed by atoms with Gasteiger partial charge in [0.1, 0.15) is 0 Å². The number of nitrogens with one attached hydrogen (secondary N) is 1. The Kier molecular flexibility index (Phi) is 5.29. The molecule has 2 aliphatic rings. The smallest absolute Gasteiger partial charge is 0.394 e. The van der Waals surface area contributed by atoms with Gasteiger partial charge in [-0.15, -0.1) is 0 Å². The van der Waals surface area contributed by atoms with Crippen molar-refractivity contribution in [3.63, 3.8) is 0 Å². The number of halogens is 3. The number of aliphatic hydroxyl groups excluding tert-OH is 2. The molecule has 3 N–H and O–H groups in total. The van der Waals surface area contributed by atoms with E-state index in [-0.39, 0.29) is 12.6 Å². The minimum Gasteiger partial charge on any atom is -0.394 e. The van der Waals surface area contributed by atoms with Gasteiger partial charge in [0.25, 0.3) is 0 Å². The first-order valence-electron chi connectivity index (χ1n) is 9.57. The van der Waals surface area contributed by atoms with Crippen molar-refractivity contribution in [3.8, 4) is 11.3 Å². The normalized spacial score (nSPS) is 18.9. The van der Waals surface area contributed by atoms with E-state index in [1.54, 1.807) is 18.2 Å².